The molecule has 0 aliphatic carbocycles. The Morgan fingerprint density at radius 3 is 2.56 bits per heavy atom. The molecule has 98 valence electrons. The average Bonchev–Trinajstić information content (AvgIpc) is 2.28. The highest BCUT2D eigenvalue weighted by atomic mass is 35.5. The quantitative estimate of drug-likeness (QED) is 0.469. The molecule has 0 unspecified atom stereocenters. The zero-order valence-corrected chi connectivity index (χ0v) is 11.1. The van der Waals surface area contributed by atoms with Crippen LogP contribution in [-0.2, 0) is 0 Å². The Bertz CT molecular complexity index is 472. The lowest BCUT2D eigenvalue weighted by atomic mass is 9.99. The standard InChI is InChI=1S/C11H15ClN4O2/c1-7-3-5-15(6-4-7)10-9(16(17)18)8(2)13-11(12)14-10/h7H,3-6H2,1-2H3. The van der Waals surface area contributed by atoms with Crippen LogP contribution in [0.15, 0.2) is 0 Å². The molecule has 0 N–H and O–H groups in total. The van der Waals surface area contributed by atoms with Crippen molar-refractivity contribution >= 4 is 23.1 Å². The predicted octanol–water partition coefficient (Wildman–Crippen LogP) is 2.58. The smallest absolute Gasteiger partial charge is 0.332 e. The molecule has 1 aliphatic heterocycles. The van der Waals surface area contributed by atoms with Crippen molar-refractivity contribution in [3.8, 4) is 0 Å². The largest absolute Gasteiger partial charge is 0.351 e. The van der Waals surface area contributed by atoms with Crippen LogP contribution in [0, 0.1) is 23.0 Å². The van der Waals surface area contributed by atoms with Gasteiger partial charge in [-0.05, 0) is 37.3 Å². The Hall–Kier alpha value is -1.43. The normalized spacial score (nSPS) is 16.9. The average molecular weight is 271 g/mol. The van der Waals surface area contributed by atoms with Gasteiger partial charge in [-0.3, -0.25) is 10.1 Å². The lowest BCUT2D eigenvalue weighted by Gasteiger charge is -2.30. The van der Waals surface area contributed by atoms with Gasteiger partial charge in [-0.2, -0.15) is 4.98 Å². The summed E-state index contributed by atoms with van der Waals surface area (Å²) in [6.07, 6.45) is 2.02. The number of nitro groups is 1. The van der Waals surface area contributed by atoms with Crippen molar-refractivity contribution < 1.29 is 4.92 Å². The van der Waals surface area contributed by atoms with Crippen molar-refractivity contribution in [2.24, 2.45) is 5.92 Å². The minimum absolute atomic E-state index is 0.0334. The molecule has 0 aromatic carbocycles. The van der Waals surface area contributed by atoms with Crippen LogP contribution in [-0.4, -0.2) is 28.0 Å². The van der Waals surface area contributed by atoms with Crippen molar-refractivity contribution in [3.05, 3.63) is 21.1 Å². The van der Waals surface area contributed by atoms with Crippen LogP contribution in [0.1, 0.15) is 25.5 Å². The Morgan fingerprint density at radius 2 is 2.00 bits per heavy atom. The van der Waals surface area contributed by atoms with Crippen LogP contribution in [0.3, 0.4) is 0 Å². The van der Waals surface area contributed by atoms with E-state index in [4.69, 9.17) is 11.6 Å². The maximum Gasteiger partial charge on any atom is 0.332 e. The van der Waals surface area contributed by atoms with Gasteiger partial charge < -0.3 is 4.90 Å². The summed E-state index contributed by atoms with van der Waals surface area (Å²) in [7, 11) is 0. The molecule has 0 radical (unpaired) electrons. The lowest BCUT2D eigenvalue weighted by Crippen LogP contribution is -2.34. The summed E-state index contributed by atoms with van der Waals surface area (Å²) in [5.41, 5.74) is 0.280. The number of piperidine rings is 1. The van der Waals surface area contributed by atoms with Crippen LogP contribution < -0.4 is 4.90 Å². The van der Waals surface area contributed by atoms with E-state index < -0.39 is 4.92 Å². The molecular formula is C11H15ClN4O2. The highest BCUT2D eigenvalue weighted by molar-refractivity contribution is 6.28. The lowest BCUT2D eigenvalue weighted by molar-refractivity contribution is -0.385. The first kappa shape index (κ1) is 13.0. The third-order valence-corrected chi connectivity index (χ3v) is 3.45. The molecule has 0 spiro atoms. The van der Waals surface area contributed by atoms with Crippen molar-refractivity contribution in [1.29, 1.82) is 0 Å². The van der Waals surface area contributed by atoms with Crippen LogP contribution in [0.4, 0.5) is 11.5 Å². The number of halogens is 1. The van der Waals surface area contributed by atoms with Crippen molar-refractivity contribution in [3.63, 3.8) is 0 Å². The van der Waals surface area contributed by atoms with E-state index in [1.54, 1.807) is 6.92 Å². The fourth-order valence-electron chi connectivity index (χ4n) is 2.17. The molecule has 7 heteroatoms. The van der Waals surface area contributed by atoms with E-state index in [1.807, 2.05) is 4.90 Å². The minimum Gasteiger partial charge on any atom is -0.351 e. The monoisotopic (exact) mass is 270 g/mol. The summed E-state index contributed by atoms with van der Waals surface area (Å²) in [6.45, 7) is 5.31. The van der Waals surface area contributed by atoms with Gasteiger partial charge >= 0.3 is 5.69 Å². The van der Waals surface area contributed by atoms with E-state index in [1.165, 1.54) is 0 Å². The summed E-state index contributed by atoms with van der Waals surface area (Å²) < 4.78 is 0. The third kappa shape index (κ3) is 2.53. The van der Waals surface area contributed by atoms with Gasteiger partial charge in [0.1, 0.15) is 5.69 Å². The van der Waals surface area contributed by atoms with Gasteiger partial charge in [0.25, 0.3) is 0 Å². The summed E-state index contributed by atoms with van der Waals surface area (Å²) in [6, 6.07) is 0. The van der Waals surface area contributed by atoms with Crippen molar-refractivity contribution in [1.82, 2.24) is 9.97 Å². The number of hydrogen-bond acceptors (Lipinski definition) is 5. The number of rotatable bonds is 2. The Kier molecular flexibility index (Phi) is 3.65. The maximum atomic E-state index is 11.1. The fraction of sp³-hybridized carbons (Fsp3) is 0.636. The number of aryl methyl sites for hydroxylation is 1. The molecule has 1 aliphatic rings. The van der Waals surface area contributed by atoms with E-state index in [0.29, 0.717) is 17.4 Å². The van der Waals surface area contributed by atoms with Crippen LogP contribution in [0.2, 0.25) is 5.28 Å². The van der Waals surface area contributed by atoms with E-state index in [2.05, 4.69) is 16.9 Å². The molecule has 1 aromatic rings. The van der Waals surface area contributed by atoms with Crippen LogP contribution in [0.5, 0.6) is 0 Å². The van der Waals surface area contributed by atoms with Gasteiger partial charge in [-0.15, -0.1) is 0 Å². The number of aromatic nitrogens is 2. The zero-order valence-electron chi connectivity index (χ0n) is 10.4. The molecule has 2 heterocycles. The molecule has 2 rings (SSSR count). The minimum atomic E-state index is -0.432. The zero-order chi connectivity index (χ0) is 13.3. The van der Waals surface area contributed by atoms with E-state index in [9.17, 15) is 10.1 Å². The number of nitrogens with zero attached hydrogens (tertiary/aromatic N) is 4. The molecule has 1 fully saturated rings. The third-order valence-electron chi connectivity index (χ3n) is 3.28. The van der Waals surface area contributed by atoms with E-state index >= 15 is 0 Å². The Labute approximate surface area is 110 Å². The summed E-state index contributed by atoms with van der Waals surface area (Å²) in [5, 5.41) is 11.2. The van der Waals surface area contributed by atoms with Crippen LogP contribution in [0.25, 0.3) is 0 Å². The van der Waals surface area contributed by atoms with Gasteiger partial charge in [-0.1, -0.05) is 6.92 Å². The molecule has 18 heavy (non-hydrogen) atoms. The van der Waals surface area contributed by atoms with Gasteiger partial charge in [-0.25, -0.2) is 4.98 Å². The molecule has 1 saturated heterocycles. The first-order valence-electron chi connectivity index (χ1n) is 5.92. The van der Waals surface area contributed by atoms with Gasteiger partial charge in [0.15, 0.2) is 0 Å². The summed E-state index contributed by atoms with van der Waals surface area (Å²) >= 11 is 5.80. The first-order chi connectivity index (χ1) is 8.49. The van der Waals surface area contributed by atoms with Crippen molar-refractivity contribution in [2.75, 3.05) is 18.0 Å². The maximum absolute atomic E-state index is 11.1. The Balaban J connectivity index is 2.39. The molecule has 0 saturated carbocycles. The second kappa shape index (κ2) is 5.06. The molecule has 0 atom stereocenters. The molecular weight excluding hydrogens is 256 g/mol. The predicted molar refractivity (Wildman–Crippen MR) is 69.0 cm³/mol. The van der Waals surface area contributed by atoms with Crippen molar-refractivity contribution in [2.45, 2.75) is 26.7 Å². The SMILES string of the molecule is Cc1nc(Cl)nc(N2CCC(C)CC2)c1[N+](=O)[O-]. The molecule has 1 aromatic heterocycles. The summed E-state index contributed by atoms with van der Waals surface area (Å²) in [5.74, 6) is 1.00. The van der Waals surface area contributed by atoms with E-state index in [0.717, 1.165) is 25.9 Å². The van der Waals surface area contributed by atoms with Gasteiger partial charge in [0.2, 0.25) is 11.1 Å². The molecule has 6 nitrogen and oxygen atoms in total. The highest BCUT2D eigenvalue weighted by Crippen LogP contribution is 2.32. The summed E-state index contributed by atoms with van der Waals surface area (Å²) in [4.78, 5) is 20.5. The van der Waals surface area contributed by atoms with Gasteiger partial charge in [0.05, 0.1) is 4.92 Å². The molecule has 0 bridgehead atoms. The second-order valence-electron chi connectivity index (χ2n) is 4.68. The second-order valence-corrected chi connectivity index (χ2v) is 5.02. The number of hydrogen-bond donors (Lipinski definition) is 0. The van der Waals surface area contributed by atoms with Gasteiger partial charge in [0, 0.05) is 13.1 Å². The molecule has 0 amide bonds. The fourth-order valence-corrected chi connectivity index (χ4v) is 2.38. The highest BCUT2D eigenvalue weighted by Gasteiger charge is 2.28. The first-order valence-corrected chi connectivity index (χ1v) is 6.30. The van der Waals surface area contributed by atoms with E-state index in [-0.39, 0.29) is 11.0 Å². The van der Waals surface area contributed by atoms with Crippen LogP contribution >= 0.6 is 11.6 Å². The number of anilines is 1. The topological polar surface area (TPSA) is 72.2 Å². The Morgan fingerprint density at radius 1 is 1.39 bits per heavy atom.